The highest BCUT2D eigenvalue weighted by Gasteiger charge is 2.44. The number of hydrogen-bond acceptors (Lipinski definition) is 4. The van der Waals surface area contributed by atoms with Crippen molar-refractivity contribution in [3.8, 4) is 5.75 Å². The van der Waals surface area contributed by atoms with E-state index in [1.165, 1.54) is 6.26 Å². The summed E-state index contributed by atoms with van der Waals surface area (Å²) in [4.78, 5) is 26.9. The summed E-state index contributed by atoms with van der Waals surface area (Å²) in [5, 5.41) is 3.01. The van der Waals surface area contributed by atoms with Crippen LogP contribution in [0.4, 0.5) is 0 Å². The molecule has 0 aliphatic carbocycles. The second-order valence-electron chi connectivity index (χ2n) is 8.42. The van der Waals surface area contributed by atoms with Crippen molar-refractivity contribution in [2.75, 3.05) is 13.1 Å². The molecule has 1 spiro atoms. The molecule has 29 heavy (non-hydrogen) atoms. The van der Waals surface area contributed by atoms with Crippen LogP contribution in [0.25, 0.3) is 0 Å². The maximum absolute atomic E-state index is 12.6. The number of carbonyl (C=O) groups excluding carboxylic acids is 2. The monoisotopic (exact) mass is 396 g/mol. The standard InChI is InChI=1S/C23H28N2O4/c1-16(2)24-21(26)14-17-15-23(29-19-7-4-3-6-18(17)19)9-11-25(12-10-23)22(27)20-8-5-13-28-20/h3-8,13,16-17H,9-12,14-15H2,1-2H3,(H,24,26)/t17-/m0/s1. The molecule has 3 heterocycles. The maximum atomic E-state index is 12.6. The Hall–Kier alpha value is -2.76. The minimum absolute atomic E-state index is 0.0716. The van der Waals surface area contributed by atoms with Gasteiger partial charge in [-0.05, 0) is 44.0 Å². The minimum atomic E-state index is -0.336. The number of benzene rings is 1. The van der Waals surface area contributed by atoms with E-state index in [0.29, 0.717) is 25.3 Å². The lowest BCUT2D eigenvalue weighted by atomic mass is 9.76. The number of nitrogens with zero attached hydrogens (tertiary/aromatic N) is 1. The summed E-state index contributed by atoms with van der Waals surface area (Å²) in [7, 11) is 0. The molecule has 1 N–H and O–H groups in total. The van der Waals surface area contributed by atoms with Crippen LogP contribution in [0.5, 0.6) is 5.75 Å². The Morgan fingerprint density at radius 3 is 2.62 bits per heavy atom. The van der Waals surface area contributed by atoms with Crippen molar-refractivity contribution >= 4 is 11.8 Å². The molecule has 1 aromatic carbocycles. The molecular formula is C23H28N2O4. The van der Waals surface area contributed by atoms with Gasteiger partial charge in [-0.3, -0.25) is 9.59 Å². The van der Waals surface area contributed by atoms with Crippen molar-refractivity contribution in [3.05, 3.63) is 54.0 Å². The fourth-order valence-electron chi connectivity index (χ4n) is 4.51. The molecule has 0 saturated carbocycles. The first-order chi connectivity index (χ1) is 14.0. The fourth-order valence-corrected chi connectivity index (χ4v) is 4.51. The van der Waals surface area contributed by atoms with E-state index in [1.54, 1.807) is 12.1 Å². The number of rotatable bonds is 4. The quantitative estimate of drug-likeness (QED) is 0.855. The smallest absolute Gasteiger partial charge is 0.289 e. The second-order valence-corrected chi connectivity index (χ2v) is 8.42. The van der Waals surface area contributed by atoms with Gasteiger partial charge >= 0.3 is 0 Å². The van der Waals surface area contributed by atoms with Gasteiger partial charge in [-0.2, -0.15) is 0 Å². The van der Waals surface area contributed by atoms with E-state index in [2.05, 4.69) is 11.4 Å². The largest absolute Gasteiger partial charge is 0.487 e. The zero-order valence-electron chi connectivity index (χ0n) is 17.0. The average molecular weight is 396 g/mol. The highest BCUT2D eigenvalue weighted by Crippen LogP contribution is 2.46. The van der Waals surface area contributed by atoms with E-state index in [9.17, 15) is 9.59 Å². The van der Waals surface area contributed by atoms with Gasteiger partial charge in [-0.15, -0.1) is 0 Å². The molecule has 6 nitrogen and oxygen atoms in total. The van der Waals surface area contributed by atoms with Crippen molar-refractivity contribution in [1.29, 1.82) is 0 Å². The van der Waals surface area contributed by atoms with Gasteiger partial charge < -0.3 is 19.4 Å². The number of piperidine rings is 1. The van der Waals surface area contributed by atoms with Gasteiger partial charge in [0.1, 0.15) is 11.4 Å². The Labute approximate surface area is 171 Å². The third-order valence-corrected chi connectivity index (χ3v) is 5.88. The van der Waals surface area contributed by atoms with Crippen LogP contribution in [0.15, 0.2) is 47.1 Å². The van der Waals surface area contributed by atoms with Crippen LogP contribution in [0, 0.1) is 0 Å². The van der Waals surface area contributed by atoms with Crippen LogP contribution < -0.4 is 10.1 Å². The summed E-state index contributed by atoms with van der Waals surface area (Å²) in [6, 6.07) is 11.6. The summed E-state index contributed by atoms with van der Waals surface area (Å²) < 4.78 is 11.7. The number of likely N-dealkylation sites (tertiary alicyclic amines) is 1. The molecular weight excluding hydrogens is 368 g/mol. The van der Waals surface area contributed by atoms with E-state index in [0.717, 1.165) is 30.6 Å². The van der Waals surface area contributed by atoms with Gasteiger partial charge in [0.25, 0.3) is 5.91 Å². The molecule has 0 bridgehead atoms. The Bertz CT molecular complexity index is 867. The Morgan fingerprint density at radius 2 is 1.93 bits per heavy atom. The average Bonchev–Trinajstić information content (AvgIpc) is 3.22. The summed E-state index contributed by atoms with van der Waals surface area (Å²) in [5.74, 6) is 1.35. The number of nitrogens with one attached hydrogen (secondary N) is 1. The maximum Gasteiger partial charge on any atom is 0.289 e. The van der Waals surface area contributed by atoms with E-state index in [4.69, 9.17) is 9.15 Å². The van der Waals surface area contributed by atoms with Crippen molar-refractivity contribution in [3.63, 3.8) is 0 Å². The van der Waals surface area contributed by atoms with Crippen LogP contribution in [-0.4, -0.2) is 41.4 Å². The van der Waals surface area contributed by atoms with E-state index < -0.39 is 0 Å². The number of ether oxygens (including phenoxy) is 1. The Kier molecular flexibility index (Phi) is 5.35. The zero-order chi connectivity index (χ0) is 20.4. The molecule has 1 fully saturated rings. The third-order valence-electron chi connectivity index (χ3n) is 5.88. The molecule has 1 aromatic heterocycles. The number of fused-ring (bicyclic) bond motifs is 1. The normalized spacial score (nSPS) is 20.2. The van der Waals surface area contributed by atoms with Crippen molar-refractivity contribution in [2.24, 2.45) is 0 Å². The number of hydrogen-bond donors (Lipinski definition) is 1. The predicted octanol–water partition coefficient (Wildman–Crippen LogP) is 3.74. The van der Waals surface area contributed by atoms with Gasteiger partial charge in [0, 0.05) is 44.3 Å². The lowest BCUT2D eigenvalue weighted by Gasteiger charge is -2.46. The molecule has 6 heteroatoms. The minimum Gasteiger partial charge on any atom is -0.487 e. The predicted molar refractivity (Wildman–Crippen MR) is 109 cm³/mol. The summed E-state index contributed by atoms with van der Waals surface area (Å²) in [5.41, 5.74) is 0.767. The first-order valence-corrected chi connectivity index (χ1v) is 10.4. The fraction of sp³-hybridized carbons (Fsp3) is 0.478. The number of para-hydroxylation sites is 1. The highest BCUT2D eigenvalue weighted by molar-refractivity contribution is 5.91. The lowest BCUT2D eigenvalue weighted by Crippen LogP contribution is -2.52. The first kappa shape index (κ1) is 19.6. The van der Waals surface area contributed by atoms with Crippen LogP contribution >= 0.6 is 0 Å². The van der Waals surface area contributed by atoms with Crippen LogP contribution in [-0.2, 0) is 4.79 Å². The summed E-state index contributed by atoms with van der Waals surface area (Å²) in [6.07, 6.45) is 4.26. The molecule has 2 amide bonds. The Balaban J connectivity index is 1.49. The highest BCUT2D eigenvalue weighted by atomic mass is 16.5. The summed E-state index contributed by atoms with van der Waals surface area (Å²) in [6.45, 7) is 5.19. The van der Waals surface area contributed by atoms with E-state index >= 15 is 0 Å². The van der Waals surface area contributed by atoms with Gasteiger partial charge in [-0.25, -0.2) is 0 Å². The molecule has 0 unspecified atom stereocenters. The molecule has 2 aliphatic heterocycles. The zero-order valence-corrected chi connectivity index (χ0v) is 17.0. The number of amides is 2. The number of furan rings is 1. The first-order valence-electron chi connectivity index (χ1n) is 10.4. The molecule has 1 saturated heterocycles. The second kappa shape index (κ2) is 7.93. The van der Waals surface area contributed by atoms with Gasteiger partial charge in [0.15, 0.2) is 5.76 Å². The molecule has 4 rings (SSSR count). The Morgan fingerprint density at radius 1 is 1.17 bits per heavy atom. The van der Waals surface area contributed by atoms with E-state index in [1.807, 2.05) is 36.9 Å². The SMILES string of the molecule is CC(C)NC(=O)C[C@H]1CC2(CCN(C(=O)c3ccco3)CC2)Oc2ccccc21. The molecule has 0 radical (unpaired) electrons. The number of carbonyl (C=O) groups is 2. The summed E-state index contributed by atoms with van der Waals surface area (Å²) >= 11 is 0. The molecule has 2 aromatic rings. The van der Waals surface area contributed by atoms with Crippen LogP contribution in [0.2, 0.25) is 0 Å². The lowest BCUT2D eigenvalue weighted by molar-refractivity contribution is -0.122. The molecule has 2 aliphatic rings. The molecule has 1 atom stereocenters. The van der Waals surface area contributed by atoms with Gasteiger partial charge in [0.2, 0.25) is 5.91 Å². The topological polar surface area (TPSA) is 71.8 Å². The van der Waals surface area contributed by atoms with Crippen LogP contribution in [0.3, 0.4) is 0 Å². The van der Waals surface area contributed by atoms with Gasteiger partial charge in [0.05, 0.1) is 6.26 Å². The van der Waals surface area contributed by atoms with Crippen molar-refractivity contribution < 1.29 is 18.7 Å². The molecule has 154 valence electrons. The van der Waals surface area contributed by atoms with Gasteiger partial charge in [-0.1, -0.05) is 18.2 Å². The third kappa shape index (κ3) is 4.16. The van der Waals surface area contributed by atoms with Crippen molar-refractivity contribution in [2.45, 2.75) is 57.1 Å². The van der Waals surface area contributed by atoms with Crippen molar-refractivity contribution in [1.82, 2.24) is 10.2 Å². The van der Waals surface area contributed by atoms with E-state index in [-0.39, 0.29) is 29.4 Å². The van der Waals surface area contributed by atoms with Crippen LogP contribution in [0.1, 0.15) is 61.6 Å².